The van der Waals surface area contributed by atoms with Crippen molar-refractivity contribution in [2.24, 2.45) is 0 Å². The minimum absolute atomic E-state index is 0.0507. The van der Waals surface area contributed by atoms with Crippen LogP contribution in [0.3, 0.4) is 0 Å². The van der Waals surface area contributed by atoms with Crippen molar-refractivity contribution in [1.29, 1.82) is 0 Å². The van der Waals surface area contributed by atoms with Gasteiger partial charge in [0.2, 0.25) is 5.91 Å². The molecule has 8 heteroatoms. The van der Waals surface area contributed by atoms with Crippen molar-refractivity contribution in [3.05, 3.63) is 27.5 Å². The molecule has 1 N–H and O–H groups in total. The van der Waals surface area contributed by atoms with Crippen LogP contribution in [0.25, 0.3) is 21.1 Å². The molecule has 1 aliphatic rings. The van der Waals surface area contributed by atoms with Gasteiger partial charge in [-0.05, 0) is 39.2 Å². The normalized spacial score (nSPS) is 17.9. The van der Waals surface area contributed by atoms with Crippen LogP contribution in [0.1, 0.15) is 31.1 Å². The molecule has 4 rings (SSSR count). The average molecular weight is 388 g/mol. The average Bonchev–Trinajstić information content (AvgIpc) is 3.15. The summed E-state index contributed by atoms with van der Waals surface area (Å²) in [7, 11) is 0. The van der Waals surface area contributed by atoms with Gasteiger partial charge in [0.15, 0.2) is 0 Å². The van der Waals surface area contributed by atoms with E-state index in [1.54, 1.807) is 17.5 Å². The molecule has 7 nitrogen and oxygen atoms in total. The van der Waals surface area contributed by atoms with E-state index in [1.807, 2.05) is 22.5 Å². The van der Waals surface area contributed by atoms with Crippen LogP contribution >= 0.6 is 11.3 Å². The molecule has 4 heterocycles. The van der Waals surface area contributed by atoms with Gasteiger partial charge in [0.05, 0.1) is 29.6 Å². The number of rotatable bonds is 4. The number of hydrogen-bond acceptors (Lipinski definition) is 5. The predicted octanol–water partition coefficient (Wildman–Crippen LogP) is 2.11. The second-order valence-corrected chi connectivity index (χ2v) is 8.50. The van der Waals surface area contributed by atoms with E-state index in [4.69, 9.17) is 0 Å². The van der Waals surface area contributed by atoms with E-state index in [9.17, 15) is 14.7 Å². The number of piperidine rings is 1. The molecule has 1 atom stereocenters. The molecule has 1 amide bonds. The van der Waals surface area contributed by atoms with Crippen molar-refractivity contribution in [3.8, 4) is 0 Å². The zero-order valence-electron chi connectivity index (χ0n) is 15.6. The number of aromatic nitrogens is 3. The Balaban J connectivity index is 1.84. The summed E-state index contributed by atoms with van der Waals surface area (Å²) in [6, 6.07) is 2.27. The highest BCUT2D eigenvalue weighted by atomic mass is 32.1. The molecule has 1 fully saturated rings. The molecule has 0 spiro atoms. The summed E-state index contributed by atoms with van der Waals surface area (Å²) in [5.41, 5.74) is 1.14. The molecular formula is C19H24N4O3S. The summed E-state index contributed by atoms with van der Waals surface area (Å²) in [6.45, 7) is 5.03. The largest absolute Gasteiger partial charge is 0.394 e. The van der Waals surface area contributed by atoms with Crippen LogP contribution in [-0.2, 0) is 17.9 Å². The first-order chi connectivity index (χ1) is 13.0. The summed E-state index contributed by atoms with van der Waals surface area (Å²) < 4.78 is 4.10. The Bertz CT molecular complexity index is 1060. The highest BCUT2D eigenvalue weighted by molar-refractivity contribution is 7.20. The van der Waals surface area contributed by atoms with Gasteiger partial charge < -0.3 is 14.6 Å². The fourth-order valence-electron chi connectivity index (χ4n) is 4.03. The number of aliphatic hydroxyl groups is 1. The summed E-state index contributed by atoms with van der Waals surface area (Å²) >= 11 is 1.61. The second-order valence-electron chi connectivity index (χ2n) is 7.25. The number of carbonyl (C=O) groups is 1. The van der Waals surface area contributed by atoms with E-state index < -0.39 is 0 Å². The van der Waals surface area contributed by atoms with Gasteiger partial charge in [0.1, 0.15) is 12.1 Å². The highest BCUT2D eigenvalue weighted by Crippen LogP contribution is 2.33. The van der Waals surface area contributed by atoms with E-state index >= 15 is 0 Å². The van der Waals surface area contributed by atoms with Crippen LogP contribution in [0.4, 0.5) is 0 Å². The van der Waals surface area contributed by atoms with Gasteiger partial charge in [0, 0.05) is 22.8 Å². The Kier molecular flexibility index (Phi) is 4.77. The number of likely N-dealkylation sites (tertiary alicyclic amines) is 1. The number of aliphatic hydroxyl groups excluding tert-OH is 1. The molecule has 0 unspecified atom stereocenters. The van der Waals surface area contributed by atoms with Crippen molar-refractivity contribution in [1.82, 2.24) is 19.2 Å². The minimum Gasteiger partial charge on any atom is -0.394 e. The van der Waals surface area contributed by atoms with Gasteiger partial charge in [-0.3, -0.25) is 9.59 Å². The molecule has 0 bridgehead atoms. The quantitative estimate of drug-likeness (QED) is 0.742. The molecule has 0 aromatic carbocycles. The SMILES string of the molecule is Cc1cc2c(s1)c1cnn(CCO)c(=O)c1n2CC(=O)N1CCCC[C@H]1C. The van der Waals surface area contributed by atoms with Crippen molar-refractivity contribution in [2.45, 2.75) is 52.2 Å². The Hall–Kier alpha value is -2.19. The van der Waals surface area contributed by atoms with Crippen molar-refractivity contribution in [2.75, 3.05) is 13.2 Å². The number of hydrogen-bond donors (Lipinski definition) is 1. The van der Waals surface area contributed by atoms with Gasteiger partial charge in [0.25, 0.3) is 5.56 Å². The third kappa shape index (κ3) is 3.06. The first-order valence-electron chi connectivity index (χ1n) is 9.40. The first-order valence-corrected chi connectivity index (χ1v) is 10.2. The Morgan fingerprint density at radius 3 is 2.96 bits per heavy atom. The molecule has 3 aromatic heterocycles. The monoisotopic (exact) mass is 388 g/mol. The lowest BCUT2D eigenvalue weighted by Gasteiger charge is -2.33. The molecule has 27 heavy (non-hydrogen) atoms. The van der Waals surface area contributed by atoms with Crippen LogP contribution in [-0.4, -0.2) is 49.5 Å². The molecule has 3 aromatic rings. The smallest absolute Gasteiger partial charge is 0.291 e. The standard InChI is InChI=1S/C19H24N4O3S/c1-12-5-3-4-6-21(12)16(25)11-22-15-9-13(2)27-18(15)14-10-20-23(7-8-24)19(26)17(14)22/h9-10,12,24H,3-8,11H2,1-2H3/t12-/m1/s1. The number of amides is 1. The fourth-order valence-corrected chi connectivity index (χ4v) is 5.06. The Morgan fingerprint density at radius 2 is 2.22 bits per heavy atom. The molecule has 1 saturated heterocycles. The van der Waals surface area contributed by atoms with Crippen molar-refractivity contribution < 1.29 is 9.90 Å². The van der Waals surface area contributed by atoms with Crippen LogP contribution in [0.2, 0.25) is 0 Å². The lowest BCUT2D eigenvalue weighted by molar-refractivity contribution is -0.134. The van der Waals surface area contributed by atoms with E-state index in [2.05, 4.69) is 12.0 Å². The maximum atomic E-state index is 13.0. The molecule has 144 valence electrons. The lowest BCUT2D eigenvalue weighted by atomic mass is 10.0. The predicted molar refractivity (Wildman–Crippen MR) is 106 cm³/mol. The molecule has 1 aliphatic heterocycles. The topological polar surface area (TPSA) is 80.4 Å². The zero-order valence-corrected chi connectivity index (χ0v) is 16.5. The Morgan fingerprint density at radius 1 is 1.41 bits per heavy atom. The fraction of sp³-hybridized carbons (Fsp3) is 0.526. The lowest BCUT2D eigenvalue weighted by Crippen LogP contribution is -2.43. The summed E-state index contributed by atoms with van der Waals surface area (Å²) in [5.74, 6) is 0.0507. The number of fused-ring (bicyclic) bond motifs is 3. The second kappa shape index (κ2) is 7.09. The third-order valence-corrected chi connectivity index (χ3v) is 6.46. The zero-order chi connectivity index (χ0) is 19.1. The van der Waals surface area contributed by atoms with Crippen LogP contribution in [0.15, 0.2) is 17.1 Å². The van der Waals surface area contributed by atoms with Crippen LogP contribution in [0.5, 0.6) is 0 Å². The maximum absolute atomic E-state index is 13.0. The minimum atomic E-state index is -0.262. The van der Waals surface area contributed by atoms with E-state index in [0.717, 1.165) is 46.3 Å². The van der Waals surface area contributed by atoms with Gasteiger partial charge in [-0.1, -0.05) is 0 Å². The highest BCUT2D eigenvalue weighted by Gasteiger charge is 2.26. The maximum Gasteiger partial charge on any atom is 0.291 e. The summed E-state index contributed by atoms with van der Waals surface area (Å²) in [4.78, 5) is 29.1. The molecular weight excluding hydrogens is 364 g/mol. The first kappa shape index (κ1) is 18.2. The number of nitrogens with zero attached hydrogens (tertiary/aromatic N) is 4. The van der Waals surface area contributed by atoms with E-state index in [0.29, 0.717) is 5.52 Å². The van der Waals surface area contributed by atoms with Gasteiger partial charge >= 0.3 is 0 Å². The van der Waals surface area contributed by atoms with Crippen molar-refractivity contribution >= 4 is 38.4 Å². The van der Waals surface area contributed by atoms with Gasteiger partial charge in [-0.25, -0.2) is 4.68 Å². The number of carbonyl (C=O) groups excluding carboxylic acids is 1. The van der Waals surface area contributed by atoms with E-state index in [1.165, 1.54) is 4.68 Å². The number of aryl methyl sites for hydroxylation is 1. The molecule has 0 radical (unpaired) electrons. The van der Waals surface area contributed by atoms with Gasteiger partial charge in [-0.2, -0.15) is 5.10 Å². The molecule has 0 aliphatic carbocycles. The summed E-state index contributed by atoms with van der Waals surface area (Å²) in [5, 5.41) is 14.2. The van der Waals surface area contributed by atoms with E-state index in [-0.39, 0.29) is 37.2 Å². The van der Waals surface area contributed by atoms with Crippen LogP contribution < -0.4 is 5.56 Å². The van der Waals surface area contributed by atoms with Crippen molar-refractivity contribution in [3.63, 3.8) is 0 Å². The number of thiophene rings is 1. The van der Waals surface area contributed by atoms with Gasteiger partial charge in [-0.15, -0.1) is 11.3 Å². The molecule has 0 saturated carbocycles. The Labute approximate surface area is 160 Å². The summed E-state index contributed by atoms with van der Waals surface area (Å²) in [6.07, 6.45) is 4.89. The third-order valence-electron chi connectivity index (χ3n) is 5.39. The van der Waals surface area contributed by atoms with Crippen LogP contribution in [0, 0.1) is 6.92 Å².